The van der Waals surface area contributed by atoms with Gasteiger partial charge in [0.1, 0.15) is 0 Å². The zero-order valence-electron chi connectivity index (χ0n) is 31.0. The predicted molar refractivity (Wildman–Crippen MR) is 146 cm³/mol. The molecule has 1 rings (SSSR count). The Hall–Kier alpha value is -4.38. The molecular weight excluding hydrogens is 1070 g/mol. The summed E-state index contributed by atoms with van der Waals surface area (Å²) in [6.07, 6.45) is -10.8. The molecule has 1 atom stereocenters. The van der Waals surface area contributed by atoms with Crippen LogP contribution in [0.4, 0.5) is 159 Å². The molecule has 0 heterocycles. The molecule has 0 fully saturated rings. The van der Waals surface area contributed by atoms with Gasteiger partial charge in [-0.2, -0.15) is 159 Å². The number of aliphatic imine (C=N–C) groups is 1. The van der Waals surface area contributed by atoms with Gasteiger partial charge in [-0.05, 0) is 37.6 Å². The Kier molecular flexibility index (Phi) is 15.1. The van der Waals surface area contributed by atoms with E-state index >= 15 is 0 Å². The summed E-state index contributed by atoms with van der Waals surface area (Å²) in [6, 6.07) is -0.706. The van der Waals surface area contributed by atoms with Gasteiger partial charge < -0.3 is 5.32 Å². The fourth-order valence-corrected chi connectivity index (χ4v) is 4.86. The van der Waals surface area contributed by atoms with Crippen LogP contribution in [0.5, 0.6) is 0 Å². The second-order valence-corrected chi connectivity index (χ2v) is 13.6. The number of aryl methyl sites for hydroxylation is 1. The first kappa shape index (κ1) is 61.6. The lowest BCUT2D eigenvalue weighted by Gasteiger charge is -2.47. The van der Waals surface area contributed by atoms with E-state index in [0.717, 1.165) is 25.1 Å². The SMILES string of the molecule is Cc1cc(N=C=O)ccc1C(=O)NC(C)CC(F)(F)C(F)(F)C(F)(F)C(F)(F)C(F)(F)C(F)(F)C(F)(F)C(F)(F)C(F)(F)C(F)(F)C(F)(F)C(F)(F)C(F)(F)C(F)(F)C(F)(F)C(F)(F)C(F)(F)F. The van der Waals surface area contributed by atoms with Crippen molar-refractivity contribution >= 4 is 17.7 Å². The number of halogens is 35. The van der Waals surface area contributed by atoms with E-state index in [2.05, 4.69) is 4.99 Å². The summed E-state index contributed by atoms with van der Waals surface area (Å²) < 4.78 is 485. The van der Waals surface area contributed by atoms with E-state index in [1.54, 1.807) is 0 Å². The minimum Gasteiger partial charge on any atom is -0.349 e. The van der Waals surface area contributed by atoms with Crippen molar-refractivity contribution in [3.63, 3.8) is 0 Å². The van der Waals surface area contributed by atoms with Gasteiger partial charge in [0, 0.05) is 18.0 Å². The van der Waals surface area contributed by atoms with Gasteiger partial charge in [0.2, 0.25) is 6.08 Å². The van der Waals surface area contributed by atoms with Crippen LogP contribution in [0.3, 0.4) is 0 Å². The Balaban J connectivity index is 3.90. The van der Waals surface area contributed by atoms with Crippen LogP contribution < -0.4 is 5.32 Å². The third-order valence-corrected chi connectivity index (χ3v) is 8.91. The number of alkyl halides is 35. The molecule has 0 radical (unpaired) electrons. The first-order chi connectivity index (χ1) is 29.2. The minimum atomic E-state index is -10.4. The molecule has 1 aromatic carbocycles. The molecule has 0 saturated heterocycles. The quantitative estimate of drug-likeness (QED) is 0.0804. The summed E-state index contributed by atoms with van der Waals surface area (Å²) in [6.45, 7) is 0.956. The highest BCUT2D eigenvalue weighted by Gasteiger charge is 3.02. The maximum absolute atomic E-state index is 14.5. The summed E-state index contributed by atoms with van der Waals surface area (Å²) in [7, 11) is 0. The number of hydrogen-bond acceptors (Lipinski definition) is 3. The molecule has 1 unspecified atom stereocenters. The average Bonchev–Trinajstić information content (AvgIpc) is 3.12. The summed E-state index contributed by atoms with van der Waals surface area (Å²) in [5.41, 5.74) is -1.39. The molecule has 0 aliphatic rings. The number of hydrogen-bond donors (Lipinski definition) is 1. The zero-order chi connectivity index (χ0) is 55.3. The third kappa shape index (κ3) is 7.96. The summed E-state index contributed by atoms with van der Waals surface area (Å²) in [5.74, 6) is -157. The number of carbonyl (C=O) groups excluding carboxylic acids is 2. The van der Waals surface area contributed by atoms with Gasteiger partial charge in [0.05, 0.1) is 5.69 Å². The lowest BCUT2D eigenvalue weighted by molar-refractivity contribution is -0.492. The standard InChI is InChI=1S/C29H13F35N2O2/c1-8-5-10(65-7-67)3-4-11(8)12(68)66-9(2)6-13(30,31)14(32,33)15(34,35)16(36,37)17(38,39)18(40,41)19(42,43)20(44,45)21(46,47)22(48,49)23(50,51)24(52,53)25(54,55)26(56,57)27(58,59)28(60,61)29(62,63)64/h3-5,9H,6H2,1-2H3,(H,66,68). The first-order valence-corrected chi connectivity index (χ1v) is 15.8. The number of rotatable bonds is 20. The van der Waals surface area contributed by atoms with E-state index in [0.29, 0.717) is 6.07 Å². The normalized spacial score (nSPS) is 16.4. The Bertz CT molecular complexity index is 2080. The van der Waals surface area contributed by atoms with Gasteiger partial charge in [-0.15, -0.1) is 0 Å². The van der Waals surface area contributed by atoms with Crippen molar-refractivity contribution in [1.29, 1.82) is 0 Å². The van der Waals surface area contributed by atoms with Crippen LogP contribution in [-0.2, 0) is 4.79 Å². The van der Waals surface area contributed by atoms with Crippen molar-refractivity contribution in [3.8, 4) is 0 Å². The molecule has 68 heavy (non-hydrogen) atoms. The molecule has 0 aromatic heterocycles. The van der Waals surface area contributed by atoms with E-state index in [-0.39, 0.29) is 18.2 Å². The molecule has 0 saturated carbocycles. The summed E-state index contributed by atoms with van der Waals surface area (Å²) >= 11 is 0. The molecule has 1 aromatic rings. The Morgan fingerprint density at radius 3 is 0.941 bits per heavy atom. The van der Waals surface area contributed by atoms with Crippen molar-refractivity contribution in [2.45, 2.75) is 127 Å². The molecule has 396 valence electrons. The van der Waals surface area contributed by atoms with Crippen molar-refractivity contribution < 1.29 is 163 Å². The molecule has 0 aliphatic carbocycles. The second-order valence-electron chi connectivity index (χ2n) is 13.6. The summed E-state index contributed by atoms with van der Waals surface area (Å²) in [4.78, 5) is 25.6. The average molecular weight is 1090 g/mol. The topological polar surface area (TPSA) is 58.5 Å². The molecule has 39 heteroatoms. The Morgan fingerprint density at radius 2 is 0.706 bits per heavy atom. The number of nitrogens with one attached hydrogen (secondary N) is 1. The largest absolute Gasteiger partial charge is 0.460 e. The van der Waals surface area contributed by atoms with E-state index in [4.69, 9.17) is 0 Å². The highest BCUT2D eigenvalue weighted by Crippen LogP contribution is 2.70. The van der Waals surface area contributed by atoms with Gasteiger partial charge in [-0.25, -0.2) is 4.79 Å². The predicted octanol–water partition coefficient (Wildman–Crippen LogP) is 13.2. The van der Waals surface area contributed by atoms with E-state index in [1.807, 2.05) is 0 Å². The van der Waals surface area contributed by atoms with Crippen molar-refractivity contribution in [3.05, 3.63) is 29.3 Å². The van der Waals surface area contributed by atoms with E-state index in [1.165, 1.54) is 5.32 Å². The number of benzene rings is 1. The third-order valence-electron chi connectivity index (χ3n) is 8.91. The van der Waals surface area contributed by atoms with Gasteiger partial charge in [-0.3, -0.25) is 4.79 Å². The lowest BCUT2D eigenvalue weighted by atomic mass is 9.82. The van der Waals surface area contributed by atoms with E-state index in [9.17, 15) is 163 Å². The molecule has 1 amide bonds. The molecule has 0 spiro atoms. The highest BCUT2D eigenvalue weighted by atomic mass is 19.4. The number of amides is 1. The van der Waals surface area contributed by atoms with Crippen LogP contribution in [0.1, 0.15) is 29.3 Å². The fraction of sp³-hybridized carbons (Fsp3) is 0.724. The van der Waals surface area contributed by atoms with Crippen LogP contribution in [0, 0.1) is 6.92 Å². The lowest BCUT2D eigenvalue weighted by Crippen LogP contribution is -2.80. The Morgan fingerprint density at radius 1 is 0.456 bits per heavy atom. The van der Waals surface area contributed by atoms with Crippen LogP contribution in [0.15, 0.2) is 23.2 Å². The summed E-state index contributed by atoms with van der Waals surface area (Å²) in [5, 5.41) is 1.22. The fourth-order valence-electron chi connectivity index (χ4n) is 4.86. The van der Waals surface area contributed by atoms with Gasteiger partial charge in [-0.1, -0.05) is 0 Å². The molecule has 4 nitrogen and oxygen atoms in total. The first-order valence-electron chi connectivity index (χ1n) is 15.8. The van der Waals surface area contributed by atoms with Gasteiger partial charge >= 0.3 is 101 Å². The Labute approximate surface area is 348 Å². The molecule has 1 N–H and O–H groups in total. The number of nitrogens with zero attached hydrogens (tertiary/aromatic N) is 1. The van der Waals surface area contributed by atoms with Crippen LogP contribution in [0.2, 0.25) is 0 Å². The maximum atomic E-state index is 14.5. The number of isocyanates is 1. The monoisotopic (exact) mass is 1090 g/mol. The van der Waals surface area contributed by atoms with E-state index < -0.39 is 125 Å². The van der Waals surface area contributed by atoms with Crippen LogP contribution >= 0.6 is 0 Å². The van der Waals surface area contributed by atoms with Crippen LogP contribution in [0.25, 0.3) is 0 Å². The minimum absolute atomic E-state index is 0.0215. The zero-order valence-corrected chi connectivity index (χ0v) is 31.0. The smallest absolute Gasteiger partial charge is 0.349 e. The molecular formula is C29H13F35N2O2. The van der Waals surface area contributed by atoms with Crippen LogP contribution in [-0.4, -0.2) is 119 Å². The van der Waals surface area contributed by atoms with Gasteiger partial charge in [0.15, 0.2) is 0 Å². The molecule has 0 bridgehead atoms. The molecule has 0 aliphatic heterocycles. The second kappa shape index (κ2) is 16.6. The number of carbonyl (C=O) groups is 1. The van der Waals surface area contributed by atoms with Gasteiger partial charge in [0.25, 0.3) is 5.91 Å². The highest BCUT2D eigenvalue weighted by molar-refractivity contribution is 5.96. The maximum Gasteiger partial charge on any atom is 0.460 e. The van der Waals surface area contributed by atoms with Crippen molar-refractivity contribution in [1.82, 2.24) is 5.32 Å². The van der Waals surface area contributed by atoms with Crippen molar-refractivity contribution in [2.24, 2.45) is 4.99 Å². The van der Waals surface area contributed by atoms with Crippen molar-refractivity contribution in [2.75, 3.05) is 0 Å².